The third kappa shape index (κ3) is 5.81. The lowest BCUT2D eigenvalue weighted by atomic mass is 10.0. The molecule has 0 atom stereocenters. The zero-order chi connectivity index (χ0) is 22.6. The number of carbonyl (C=O) groups excluding carboxylic acids is 2. The van der Waals surface area contributed by atoms with Crippen molar-refractivity contribution in [2.45, 2.75) is 20.2 Å². The van der Waals surface area contributed by atoms with E-state index in [2.05, 4.69) is 20.4 Å². The molecule has 0 saturated heterocycles. The van der Waals surface area contributed by atoms with Crippen molar-refractivity contribution >= 4 is 17.8 Å². The third-order valence-corrected chi connectivity index (χ3v) is 4.34. The van der Waals surface area contributed by atoms with Gasteiger partial charge in [-0.15, -0.1) is 13.2 Å². The lowest BCUT2D eigenvalue weighted by Gasteiger charge is -2.12. The zero-order valence-corrected chi connectivity index (χ0v) is 16.6. The number of anilines is 1. The van der Waals surface area contributed by atoms with Crippen molar-refractivity contribution in [3.8, 4) is 16.9 Å². The van der Waals surface area contributed by atoms with Gasteiger partial charge in [0.2, 0.25) is 0 Å². The van der Waals surface area contributed by atoms with Crippen LogP contribution < -0.4 is 15.4 Å². The van der Waals surface area contributed by atoms with Crippen LogP contribution in [0.5, 0.6) is 5.75 Å². The minimum Gasteiger partial charge on any atom is -0.406 e. The number of amides is 3. The Balaban J connectivity index is 1.67. The number of hydrogen-bond acceptors (Lipinski definition) is 4. The van der Waals surface area contributed by atoms with Crippen LogP contribution in [0.4, 0.5) is 23.8 Å². The van der Waals surface area contributed by atoms with Gasteiger partial charge < -0.3 is 4.74 Å². The zero-order valence-electron chi connectivity index (χ0n) is 16.6. The molecule has 3 amide bonds. The van der Waals surface area contributed by atoms with E-state index in [-0.39, 0.29) is 11.6 Å². The summed E-state index contributed by atoms with van der Waals surface area (Å²) in [6.45, 7) is 3.45. The number of rotatable bonds is 4. The number of ether oxygens (including phenoxy) is 1. The van der Waals surface area contributed by atoms with E-state index >= 15 is 0 Å². The van der Waals surface area contributed by atoms with E-state index in [1.54, 1.807) is 44.2 Å². The summed E-state index contributed by atoms with van der Waals surface area (Å²) in [6, 6.07) is 14.7. The number of halogens is 3. The van der Waals surface area contributed by atoms with Gasteiger partial charge in [0, 0.05) is 16.8 Å². The summed E-state index contributed by atoms with van der Waals surface area (Å²) >= 11 is 0. The summed E-state index contributed by atoms with van der Waals surface area (Å²) in [6.07, 6.45) is -4.76. The molecule has 0 aliphatic heterocycles. The first-order chi connectivity index (χ1) is 14.6. The number of hydrogen-bond donors (Lipinski definition) is 2. The number of aromatic nitrogens is 1. The molecule has 0 bridgehead atoms. The summed E-state index contributed by atoms with van der Waals surface area (Å²) in [5.41, 5.74) is 2.95. The van der Waals surface area contributed by atoms with Crippen molar-refractivity contribution in [1.82, 2.24) is 10.3 Å². The van der Waals surface area contributed by atoms with Crippen molar-refractivity contribution in [1.29, 1.82) is 0 Å². The number of carbonyl (C=O) groups is 2. The number of imide groups is 1. The number of alkyl halides is 3. The van der Waals surface area contributed by atoms with Crippen LogP contribution in [-0.4, -0.2) is 23.3 Å². The number of benzene rings is 2. The first-order valence-corrected chi connectivity index (χ1v) is 9.14. The molecule has 1 aromatic heterocycles. The maximum Gasteiger partial charge on any atom is 0.573 e. The molecule has 3 rings (SSSR count). The third-order valence-electron chi connectivity index (χ3n) is 4.34. The van der Waals surface area contributed by atoms with Gasteiger partial charge in [-0.2, -0.15) is 0 Å². The quantitative estimate of drug-likeness (QED) is 0.596. The maximum absolute atomic E-state index is 12.3. The Bertz CT molecular complexity index is 1110. The fraction of sp³-hybridized carbons (Fsp3) is 0.136. The molecule has 0 spiro atoms. The number of urea groups is 1. The van der Waals surface area contributed by atoms with Gasteiger partial charge in [0.05, 0.1) is 0 Å². The van der Waals surface area contributed by atoms with Crippen LogP contribution in [0.15, 0.2) is 60.7 Å². The highest BCUT2D eigenvalue weighted by molar-refractivity contribution is 6.08. The lowest BCUT2D eigenvalue weighted by molar-refractivity contribution is -0.274. The fourth-order valence-corrected chi connectivity index (χ4v) is 2.92. The van der Waals surface area contributed by atoms with Gasteiger partial charge >= 0.3 is 12.4 Å². The van der Waals surface area contributed by atoms with E-state index < -0.39 is 18.3 Å². The van der Waals surface area contributed by atoms with E-state index in [0.29, 0.717) is 22.4 Å². The highest BCUT2D eigenvalue weighted by Gasteiger charge is 2.31. The summed E-state index contributed by atoms with van der Waals surface area (Å²) in [5, 5.41) is 4.73. The second kappa shape index (κ2) is 8.86. The summed E-state index contributed by atoms with van der Waals surface area (Å²) in [7, 11) is 0. The fourth-order valence-electron chi connectivity index (χ4n) is 2.92. The highest BCUT2D eigenvalue weighted by Crippen LogP contribution is 2.28. The summed E-state index contributed by atoms with van der Waals surface area (Å²) < 4.78 is 40.7. The summed E-state index contributed by atoms with van der Waals surface area (Å²) in [5.74, 6) is -0.645. The molecule has 1 heterocycles. The number of nitrogens with one attached hydrogen (secondary N) is 2. The molecule has 0 aliphatic rings. The van der Waals surface area contributed by atoms with Crippen LogP contribution >= 0.6 is 0 Å². The van der Waals surface area contributed by atoms with Crippen molar-refractivity contribution in [2.75, 3.05) is 5.32 Å². The molecule has 0 fully saturated rings. The van der Waals surface area contributed by atoms with Gasteiger partial charge in [-0.3, -0.25) is 15.4 Å². The minimum atomic E-state index is -4.76. The summed E-state index contributed by atoms with van der Waals surface area (Å²) in [4.78, 5) is 28.6. The van der Waals surface area contributed by atoms with E-state index in [0.717, 1.165) is 5.56 Å². The first-order valence-electron chi connectivity index (χ1n) is 9.14. The van der Waals surface area contributed by atoms with Crippen LogP contribution in [0.3, 0.4) is 0 Å². The van der Waals surface area contributed by atoms with Crippen LogP contribution in [0.2, 0.25) is 0 Å². The normalized spacial score (nSPS) is 11.0. The number of aryl methyl sites for hydroxylation is 2. The number of pyridine rings is 1. The van der Waals surface area contributed by atoms with E-state index in [1.807, 2.05) is 0 Å². The molecular formula is C22H18F3N3O3. The molecule has 3 aromatic rings. The maximum atomic E-state index is 12.3. The average molecular weight is 429 g/mol. The van der Waals surface area contributed by atoms with Crippen molar-refractivity contribution < 1.29 is 27.5 Å². The van der Waals surface area contributed by atoms with E-state index in [1.165, 1.54) is 30.3 Å². The largest absolute Gasteiger partial charge is 0.573 e. The van der Waals surface area contributed by atoms with Gasteiger partial charge in [-0.05, 0) is 55.3 Å². The average Bonchev–Trinajstić information content (AvgIpc) is 2.68. The topological polar surface area (TPSA) is 80.3 Å². The second-order valence-electron chi connectivity index (χ2n) is 6.62. The van der Waals surface area contributed by atoms with Crippen LogP contribution in [-0.2, 0) is 0 Å². The van der Waals surface area contributed by atoms with Gasteiger partial charge in [0.25, 0.3) is 5.91 Å². The Hall–Kier alpha value is -3.88. The smallest absolute Gasteiger partial charge is 0.406 e. The van der Waals surface area contributed by atoms with E-state index in [4.69, 9.17) is 0 Å². The molecule has 0 saturated carbocycles. The molecule has 31 heavy (non-hydrogen) atoms. The van der Waals surface area contributed by atoms with Crippen molar-refractivity contribution in [3.05, 3.63) is 77.5 Å². The molecular weight excluding hydrogens is 411 g/mol. The highest BCUT2D eigenvalue weighted by atomic mass is 19.4. The second-order valence-corrected chi connectivity index (χ2v) is 6.62. The SMILES string of the molecule is Cc1ccccc1C(=O)NC(=O)Nc1ccc(-c2ccc(OC(F)(F)F)cc2)c(C)n1. The van der Waals surface area contributed by atoms with Gasteiger partial charge in [-0.1, -0.05) is 30.3 Å². The van der Waals surface area contributed by atoms with Gasteiger partial charge in [-0.25, -0.2) is 9.78 Å². The Kier molecular flexibility index (Phi) is 6.24. The molecule has 160 valence electrons. The Labute approximate surface area is 176 Å². The molecule has 2 N–H and O–H groups in total. The Morgan fingerprint density at radius 2 is 1.61 bits per heavy atom. The molecule has 0 aliphatic carbocycles. The lowest BCUT2D eigenvalue weighted by Crippen LogP contribution is -2.35. The van der Waals surface area contributed by atoms with E-state index in [9.17, 15) is 22.8 Å². The standard InChI is InChI=1S/C22H18F3N3O3/c1-13-5-3-4-6-17(13)20(29)28-21(30)27-19-12-11-18(14(2)26-19)15-7-9-16(10-8-15)31-22(23,24)25/h3-12H,1-2H3,(H2,26,27,28,29,30). The minimum absolute atomic E-state index is 0.216. The van der Waals surface area contributed by atoms with Crippen molar-refractivity contribution in [3.63, 3.8) is 0 Å². The Morgan fingerprint density at radius 3 is 2.23 bits per heavy atom. The molecule has 0 unspecified atom stereocenters. The van der Waals surface area contributed by atoms with Crippen LogP contribution in [0.1, 0.15) is 21.6 Å². The molecule has 6 nitrogen and oxygen atoms in total. The molecule has 2 aromatic carbocycles. The van der Waals surface area contributed by atoms with Crippen LogP contribution in [0, 0.1) is 13.8 Å². The van der Waals surface area contributed by atoms with Crippen molar-refractivity contribution in [2.24, 2.45) is 0 Å². The first kappa shape index (κ1) is 21.8. The molecule has 9 heteroatoms. The van der Waals surface area contributed by atoms with Gasteiger partial charge in [0.1, 0.15) is 11.6 Å². The monoisotopic (exact) mass is 429 g/mol. The predicted molar refractivity (Wildman–Crippen MR) is 109 cm³/mol. The van der Waals surface area contributed by atoms with Gasteiger partial charge in [0.15, 0.2) is 0 Å². The predicted octanol–water partition coefficient (Wildman–Crippen LogP) is 5.23. The van der Waals surface area contributed by atoms with Crippen LogP contribution in [0.25, 0.3) is 11.1 Å². The Morgan fingerprint density at radius 1 is 0.935 bits per heavy atom. The number of nitrogens with zero attached hydrogens (tertiary/aromatic N) is 1. The molecule has 0 radical (unpaired) electrons.